The smallest absolute Gasteiger partial charge is 0.135 e. The molecule has 0 saturated carbocycles. The Kier molecular flexibility index (Phi) is 1.93. The zero-order chi connectivity index (χ0) is 12.1. The van der Waals surface area contributed by atoms with E-state index < -0.39 is 0 Å². The maximum absolute atomic E-state index is 6.14. The van der Waals surface area contributed by atoms with Crippen LogP contribution in [0.2, 0.25) is 0 Å². The number of rotatable bonds is 0. The molecule has 0 radical (unpaired) electrons. The predicted molar refractivity (Wildman–Crippen MR) is 72.8 cm³/mol. The third-order valence-corrected chi connectivity index (χ3v) is 3.89. The third kappa shape index (κ3) is 1.28. The molecule has 1 aliphatic heterocycles. The van der Waals surface area contributed by atoms with E-state index >= 15 is 0 Å². The van der Waals surface area contributed by atoms with E-state index in [1.54, 1.807) is 0 Å². The van der Waals surface area contributed by atoms with Crippen molar-refractivity contribution >= 4 is 6.08 Å². The van der Waals surface area contributed by atoms with Crippen LogP contribution in [0.3, 0.4) is 0 Å². The maximum atomic E-state index is 6.14. The molecule has 88 valence electrons. The summed E-state index contributed by atoms with van der Waals surface area (Å²) < 4.78 is 6.14. The molecule has 1 heterocycles. The zero-order valence-electron chi connectivity index (χ0n) is 10.3. The Balaban J connectivity index is 1.88. The van der Waals surface area contributed by atoms with Crippen LogP contribution in [0.4, 0.5) is 0 Å². The van der Waals surface area contributed by atoms with Crippen LogP contribution in [0.1, 0.15) is 34.3 Å². The Morgan fingerprint density at radius 2 is 1.89 bits per heavy atom. The lowest BCUT2D eigenvalue weighted by atomic mass is 9.84. The first-order valence-corrected chi connectivity index (χ1v) is 6.37. The minimum atomic E-state index is 0.156. The summed E-state index contributed by atoms with van der Waals surface area (Å²) in [6.45, 7) is 2.13. The van der Waals surface area contributed by atoms with Gasteiger partial charge in [-0.1, -0.05) is 54.1 Å². The normalized spacial score (nSPS) is 22.9. The standard InChI is InChI=1S/C17H14O/c1-11-6-9-16-15(10-11)14-8-7-12-4-2-3-5-13(12)17(14)18-16/h2-10,14,17H,1H3. The van der Waals surface area contributed by atoms with Crippen molar-refractivity contribution in [1.29, 1.82) is 0 Å². The van der Waals surface area contributed by atoms with E-state index in [2.05, 4.69) is 61.5 Å². The van der Waals surface area contributed by atoms with Gasteiger partial charge in [-0.25, -0.2) is 0 Å². The van der Waals surface area contributed by atoms with Gasteiger partial charge in [-0.3, -0.25) is 0 Å². The second-order valence-corrected chi connectivity index (χ2v) is 5.09. The highest BCUT2D eigenvalue weighted by Crippen LogP contribution is 2.50. The Hall–Kier alpha value is -2.02. The Morgan fingerprint density at radius 3 is 2.83 bits per heavy atom. The minimum Gasteiger partial charge on any atom is -0.484 e. The SMILES string of the molecule is Cc1ccc2c(c1)C1C=Cc3ccccc3C1O2. The first-order valence-electron chi connectivity index (χ1n) is 6.37. The lowest BCUT2D eigenvalue weighted by Crippen LogP contribution is -2.12. The van der Waals surface area contributed by atoms with E-state index in [0.717, 1.165) is 5.75 Å². The van der Waals surface area contributed by atoms with Crippen molar-refractivity contribution in [2.45, 2.75) is 18.9 Å². The van der Waals surface area contributed by atoms with Crippen LogP contribution in [-0.4, -0.2) is 0 Å². The van der Waals surface area contributed by atoms with Crippen LogP contribution in [0.25, 0.3) is 6.08 Å². The summed E-state index contributed by atoms with van der Waals surface area (Å²) in [5.41, 5.74) is 5.21. The fraction of sp³-hybridized carbons (Fsp3) is 0.176. The molecule has 2 atom stereocenters. The molecule has 4 rings (SSSR count). The van der Waals surface area contributed by atoms with E-state index in [4.69, 9.17) is 4.74 Å². The molecule has 2 aliphatic rings. The topological polar surface area (TPSA) is 9.23 Å². The van der Waals surface area contributed by atoms with Crippen molar-refractivity contribution in [3.8, 4) is 5.75 Å². The Bertz CT molecular complexity index is 654. The highest BCUT2D eigenvalue weighted by atomic mass is 16.5. The highest BCUT2D eigenvalue weighted by molar-refractivity contribution is 5.63. The van der Waals surface area contributed by atoms with Crippen molar-refractivity contribution in [2.24, 2.45) is 0 Å². The lowest BCUT2D eigenvalue weighted by Gasteiger charge is -2.22. The van der Waals surface area contributed by atoms with Gasteiger partial charge in [-0.15, -0.1) is 0 Å². The predicted octanol–water partition coefficient (Wildman–Crippen LogP) is 4.24. The fourth-order valence-electron chi connectivity index (χ4n) is 3.00. The van der Waals surface area contributed by atoms with Gasteiger partial charge in [0.25, 0.3) is 0 Å². The van der Waals surface area contributed by atoms with Crippen molar-refractivity contribution in [1.82, 2.24) is 0 Å². The molecule has 2 aromatic carbocycles. The molecule has 0 aromatic heterocycles. The summed E-state index contributed by atoms with van der Waals surface area (Å²) in [5, 5.41) is 0. The van der Waals surface area contributed by atoms with Gasteiger partial charge in [0.05, 0.1) is 0 Å². The fourth-order valence-corrected chi connectivity index (χ4v) is 3.00. The van der Waals surface area contributed by atoms with Gasteiger partial charge < -0.3 is 4.74 Å². The van der Waals surface area contributed by atoms with Crippen LogP contribution in [0, 0.1) is 6.92 Å². The van der Waals surface area contributed by atoms with Crippen LogP contribution in [0.5, 0.6) is 5.75 Å². The number of benzene rings is 2. The summed E-state index contributed by atoms with van der Waals surface area (Å²) in [6.07, 6.45) is 4.65. The summed E-state index contributed by atoms with van der Waals surface area (Å²) >= 11 is 0. The van der Waals surface area contributed by atoms with Gasteiger partial charge in [0.15, 0.2) is 0 Å². The first-order chi connectivity index (χ1) is 8.83. The highest BCUT2D eigenvalue weighted by Gasteiger charge is 2.36. The Morgan fingerprint density at radius 1 is 1.00 bits per heavy atom. The van der Waals surface area contributed by atoms with Gasteiger partial charge in [0.1, 0.15) is 11.9 Å². The molecule has 2 aromatic rings. The summed E-state index contributed by atoms with van der Waals surface area (Å²) in [4.78, 5) is 0. The van der Waals surface area contributed by atoms with Crippen molar-refractivity contribution in [2.75, 3.05) is 0 Å². The van der Waals surface area contributed by atoms with E-state index in [1.807, 2.05) is 0 Å². The molecule has 0 fully saturated rings. The van der Waals surface area contributed by atoms with Gasteiger partial charge in [0, 0.05) is 17.0 Å². The molecule has 1 heteroatoms. The van der Waals surface area contributed by atoms with Crippen LogP contribution in [-0.2, 0) is 0 Å². The zero-order valence-corrected chi connectivity index (χ0v) is 10.3. The molecule has 0 amide bonds. The van der Waals surface area contributed by atoms with Crippen molar-refractivity contribution in [3.63, 3.8) is 0 Å². The monoisotopic (exact) mass is 234 g/mol. The quantitative estimate of drug-likeness (QED) is 0.662. The number of hydrogen-bond donors (Lipinski definition) is 0. The molecular weight excluding hydrogens is 220 g/mol. The number of aryl methyl sites for hydroxylation is 1. The van der Waals surface area contributed by atoms with E-state index in [0.29, 0.717) is 5.92 Å². The maximum Gasteiger partial charge on any atom is 0.135 e. The number of ether oxygens (including phenoxy) is 1. The molecule has 0 spiro atoms. The Labute approximate surface area is 107 Å². The van der Waals surface area contributed by atoms with Crippen LogP contribution < -0.4 is 4.74 Å². The average molecular weight is 234 g/mol. The molecule has 0 N–H and O–H groups in total. The second-order valence-electron chi connectivity index (χ2n) is 5.09. The molecule has 2 unspecified atom stereocenters. The van der Waals surface area contributed by atoms with E-state index in [1.165, 1.54) is 22.3 Å². The molecule has 0 bridgehead atoms. The lowest BCUT2D eigenvalue weighted by molar-refractivity contribution is 0.223. The number of fused-ring (bicyclic) bond motifs is 5. The molecule has 1 nitrogen and oxygen atoms in total. The summed E-state index contributed by atoms with van der Waals surface area (Å²) in [7, 11) is 0. The van der Waals surface area contributed by atoms with Crippen LogP contribution in [0.15, 0.2) is 48.5 Å². The first kappa shape index (κ1) is 9.95. The molecule has 0 saturated heterocycles. The van der Waals surface area contributed by atoms with Crippen LogP contribution >= 0.6 is 0 Å². The largest absolute Gasteiger partial charge is 0.484 e. The van der Waals surface area contributed by atoms with Crippen molar-refractivity contribution in [3.05, 3.63) is 70.8 Å². The van der Waals surface area contributed by atoms with Gasteiger partial charge in [0.2, 0.25) is 0 Å². The summed E-state index contributed by atoms with van der Waals surface area (Å²) in [6, 6.07) is 15.0. The molecular formula is C17H14O. The van der Waals surface area contributed by atoms with E-state index in [9.17, 15) is 0 Å². The summed E-state index contributed by atoms with van der Waals surface area (Å²) in [5.74, 6) is 1.41. The van der Waals surface area contributed by atoms with Gasteiger partial charge in [-0.2, -0.15) is 0 Å². The van der Waals surface area contributed by atoms with Gasteiger partial charge >= 0.3 is 0 Å². The molecule has 1 aliphatic carbocycles. The molecule has 18 heavy (non-hydrogen) atoms. The average Bonchev–Trinajstić information content (AvgIpc) is 2.77. The third-order valence-electron chi connectivity index (χ3n) is 3.89. The van der Waals surface area contributed by atoms with Crippen molar-refractivity contribution < 1.29 is 4.74 Å². The van der Waals surface area contributed by atoms with Gasteiger partial charge in [-0.05, 0) is 18.6 Å². The van der Waals surface area contributed by atoms with E-state index in [-0.39, 0.29) is 6.10 Å². The minimum absolute atomic E-state index is 0.156. The number of hydrogen-bond acceptors (Lipinski definition) is 1. The second kappa shape index (κ2) is 3.49.